The molecule has 1 aromatic heterocycles. The molecular weight excluding hydrogens is 590 g/mol. The van der Waals surface area contributed by atoms with Gasteiger partial charge in [-0.1, -0.05) is 12.1 Å². The first-order valence-electron chi connectivity index (χ1n) is 15.1. The number of piperidine rings is 1. The van der Waals surface area contributed by atoms with Crippen molar-refractivity contribution in [3.63, 3.8) is 0 Å². The summed E-state index contributed by atoms with van der Waals surface area (Å²) in [5.74, 6) is -0.112. The van der Waals surface area contributed by atoms with Gasteiger partial charge in [-0.15, -0.1) is 0 Å². The number of hydrogen-bond donors (Lipinski definition) is 1. The van der Waals surface area contributed by atoms with Crippen LogP contribution in [0.4, 0.5) is 5.69 Å². The quantitative estimate of drug-likeness (QED) is 0.326. The number of nitrogens with zero attached hydrogens (tertiary/aromatic N) is 4. The molecule has 11 heteroatoms. The fourth-order valence-corrected chi connectivity index (χ4v) is 6.61. The van der Waals surface area contributed by atoms with Crippen molar-refractivity contribution in [2.24, 2.45) is 0 Å². The van der Waals surface area contributed by atoms with E-state index in [1.165, 1.54) is 6.26 Å². The van der Waals surface area contributed by atoms with E-state index in [-0.39, 0.29) is 28.5 Å². The number of amides is 2. The zero-order chi connectivity index (χ0) is 31.6. The van der Waals surface area contributed by atoms with Gasteiger partial charge in [0.1, 0.15) is 5.58 Å². The second-order valence-electron chi connectivity index (χ2n) is 11.7. The van der Waals surface area contributed by atoms with E-state index in [2.05, 4.69) is 21.2 Å². The minimum absolute atomic E-state index is 0.0522. The summed E-state index contributed by atoms with van der Waals surface area (Å²) in [7, 11) is -3.25. The standard InChI is InChI=1S/C34H35N5O5S/c1-45(42,43)30-9-7-29(8-10-30)38-16-18-39(19-17-38)34(41)26-6-11-31-27(20-26)21-32(44-31)33(40)36-28-12-14-37(15-13-28)23-25-4-2-24(22-35)3-5-25/h2-11,20-21,28H,12-19,23H2,1H3,(H,36,40). The van der Waals surface area contributed by atoms with E-state index in [0.29, 0.717) is 48.3 Å². The van der Waals surface area contributed by atoms with E-state index in [1.54, 1.807) is 48.5 Å². The Bertz CT molecular complexity index is 1850. The SMILES string of the molecule is CS(=O)(=O)c1ccc(N2CCN(C(=O)c3ccc4oc(C(=O)NC5CCN(Cc6ccc(C#N)cc6)CC5)cc4c3)CC2)cc1. The number of nitriles is 1. The Morgan fingerprint density at radius 3 is 2.24 bits per heavy atom. The lowest BCUT2D eigenvalue weighted by molar-refractivity contribution is 0.0746. The molecule has 0 unspecified atom stereocenters. The normalized spacial score (nSPS) is 16.4. The molecule has 2 fully saturated rings. The molecule has 0 aliphatic carbocycles. The first kappa shape index (κ1) is 30.4. The highest BCUT2D eigenvalue weighted by Crippen LogP contribution is 2.24. The number of anilines is 1. The van der Waals surface area contributed by atoms with Crippen LogP contribution < -0.4 is 10.2 Å². The summed E-state index contributed by atoms with van der Waals surface area (Å²) < 4.78 is 29.3. The summed E-state index contributed by atoms with van der Waals surface area (Å²) in [5, 5.41) is 12.8. The molecule has 0 saturated carbocycles. The Balaban J connectivity index is 1.01. The smallest absolute Gasteiger partial charge is 0.287 e. The average molecular weight is 626 g/mol. The Morgan fingerprint density at radius 2 is 1.60 bits per heavy atom. The molecule has 2 aliphatic rings. The number of benzene rings is 3. The van der Waals surface area contributed by atoms with Gasteiger partial charge in [-0.05, 0) is 79.1 Å². The van der Waals surface area contributed by atoms with Crippen LogP contribution in [0.5, 0.6) is 0 Å². The molecule has 232 valence electrons. The summed E-state index contributed by atoms with van der Waals surface area (Å²) in [6.07, 6.45) is 2.86. The monoisotopic (exact) mass is 625 g/mol. The Hall–Kier alpha value is -4.66. The van der Waals surface area contributed by atoms with Crippen molar-refractivity contribution < 1.29 is 22.4 Å². The minimum atomic E-state index is -3.25. The first-order chi connectivity index (χ1) is 21.7. The number of piperazine rings is 1. The molecule has 0 radical (unpaired) electrons. The van der Waals surface area contributed by atoms with Crippen molar-refractivity contribution >= 4 is 38.3 Å². The van der Waals surface area contributed by atoms with E-state index in [1.807, 2.05) is 29.2 Å². The van der Waals surface area contributed by atoms with Gasteiger partial charge in [0.2, 0.25) is 0 Å². The highest BCUT2D eigenvalue weighted by molar-refractivity contribution is 7.90. The number of rotatable bonds is 7. The van der Waals surface area contributed by atoms with Gasteiger partial charge in [-0.2, -0.15) is 5.26 Å². The number of furan rings is 1. The van der Waals surface area contributed by atoms with E-state index in [0.717, 1.165) is 43.7 Å². The molecule has 0 spiro atoms. The maximum absolute atomic E-state index is 13.3. The van der Waals surface area contributed by atoms with Crippen LogP contribution in [0.15, 0.2) is 82.1 Å². The second kappa shape index (κ2) is 12.8. The molecule has 2 amide bonds. The van der Waals surface area contributed by atoms with Gasteiger partial charge in [-0.25, -0.2) is 8.42 Å². The van der Waals surface area contributed by atoms with E-state index in [4.69, 9.17) is 9.68 Å². The van der Waals surface area contributed by atoms with Crippen LogP contribution in [0.2, 0.25) is 0 Å². The van der Waals surface area contributed by atoms with Gasteiger partial charge in [0, 0.05) is 74.7 Å². The third-order valence-electron chi connectivity index (χ3n) is 8.60. The van der Waals surface area contributed by atoms with E-state index < -0.39 is 9.84 Å². The van der Waals surface area contributed by atoms with E-state index in [9.17, 15) is 18.0 Å². The third-order valence-corrected chi connectivity index (χ3v) is 9.72. The predicted molar refractivity (Wildman–Crippen MR) is 171 cm³/mol. The molecule has 10 nitrogen and oxygen atoms in total. The van der Waals surface area contributed by atoms with Gasteiger partial charge >= 0.3 is 0 Å². The maximum atomic E-state index is 13.3. The zero-order valence-electron chi connectivity index (χ0n) is 25.1. The van der Waals surface area contributed by atoms with Crippen molar-refractivity contribution in [1.29, 1.82) is 5.26 Å². The Kier molecular flexibility index (Phi) is 8.61. The van der Waals surface area contributed by atoms with Crippen molar-refractivity contribution in [2.45, 2.75) is 30.3 Å². The Labute approximate surface area is 262 Å². The number of fused-ring (bicyclic) bond motifs is 1. The van der Waals surface area contributed by atoms with Gasteiger partial charge < -0.3 is 19.5 Å². The fourth-order valence-electron chi connectivity index (χ4n) is 5.98. The Morgan fingerprint density at radius 1 is 0.911 bits per heavy atom. The molecule has 3 aromatic carbocycles. The van der Waals surface area contributed by atoms with Crippen LogP contribution in [0.3, 0.4) is 0 Å². The predicted octanol–water partition coefficient (Wildman–Crippen LogP) is 4.06. The largest absolute Gasteiger partial charge is 0.451 e. The van der Waals surface area contributed by atoms with Crippen LogP contribution in [0.1, 0.15) is 44.9 Å². The van der Waals surface area contributed by atoms with Gasteiger partial charge in [-0.3, -0.25) is 14.5 Å². The highest BCUT2D eigenvalue weighted by Gasteiger charge is 2.25. The lowest BCUT2D eigenvalue weighted by Gasteiger charge is -2.36. The molecule has 6 rings (SSSR count). The lowest BCUT2D eigenvalue weighted by Crippen LogP contribution is -2.48. The highest BCUT2D eigenvalue weighted by atomic mass is 32.2. The molecule has 4 aromatic rings. The minimum Gasteiger partial charge on any atom is -0.451 e. The van der Waals surface area contributed by atoms with Gasteiger partial charge in [0.25, 0.3) is 11.8 Å². The first-order valence-corrected chi connectivity index (χ1v) is 17.0. The van der Waals surface area contributed by atoms with Crippen LogP contribution >= 0.6 is 0 Å². The molecule has 1 N–H and O–H groups in total. The molecule has 0 atom stereocenters. The van der Waals surface area contributed by atoms with Crippen molar-refractivity contribution in [1.82, 2.24) is 15.1 Å². The molecule has 0 bridgehead atoms. The van der Waals surface area contributed by atoms with Crippen molar-refractivity contribution in [3.8, 4) is 6.07 Å². The molecular formula is C34H35N5O5S. The van der Waals surface area contributed by atoms with Gasteiger partial charge in [0.05, 0.1) is 16.5 Å². The maximum Gasteiger partial charge on any atom is 0.287 e. The third kappa shape index (κ3) is 7.03. The fraction of sp³-hybridized carbons (Fsp3) is 0.324. The van der Waals surface area contributed by atoms with Crippen molar-refractivity contribution in [2.75, 3.05) is 50.4 Å². The number of hydrogen-bond acceptors (Lipinski definition) is 8. The molecule has 3 heterocycles. The average Bonchev–Trinajstić information content (AvgIpc) is 3.49. The van der Waals surface area contributed by atoms with Crippen LogP contribution in [-0.4, -0.2) is 81.6 Å². The van der Waals surface area contributed by atoms with Crippen LogP contribution in [0.25, 0.3) is 11.0 Å². The molecule has 2 saturated heterocycles. The van der Waals surface area contributed by atoms with E-state index >= 15 is 0 Å². The number of likely N-dealkylation sites (tertiary alicyclic amines) is 1. The number of carbonyl (C=O) groups is 2. The molecule has 2 aliphatic heterocycles. The summed E-state index contributed by atoms with van der Waals surface area (Å²) in [5.41, 5.74) is 3.83. The summed E-state index contributed by atoms with van der Waals surface area (Å²) in [6, 6.07) is 23.6. The summed E-state index contributed by atoms with van der Waals surface area (Å²) in [6.45, 7) is 4.88. The van der Waals surface area contributed by atoms with Crippen LogP contribution in [-0.2, 0) is 16.4 Å². The number of carbonyl (C=O) groups excluding carboxylic acids is 2. The lowest BCUT2D eigenvalue weighted by atomic mass is 10.0. The number of nitrogens with one attached hydrogen (secondary N) is 1. The van der Waals surface area contributed by atoms with Gasteiger partial charge in [0.15, 0.2) is 15.6 Å². The zero-order valence-corrected chi connectivity index (χ0v) is 25.9. The number of sulfone groups is 1. The van der Waals surface area contributed by atoms with Crippen LogP contribution in [0, 0.1) is 11.3 Å². The second-order valence-corrected chi connectivity index (χ2v) is 13.8. The summed E-state index contributed by atoms with van der Waals surface area (Å²) >= 11 is 0. The molecule has 45 heavy (non-hydrogen) atoms. The summed E-state index contributed by atoms with van der Waals surface area (Å²) in [4.78, 5) is 33.0. The van der Waals surface area contributed by atoms with Crippen molar-refractivity contribution in [3.05, 3.63) is 95.2 Å². The topological polar surface area (TPSA) is 127 Å².